The molecule has 0 aromatic heterocycles. The Bertz CT molecular complexity index is 297. The molecular weight excluding hydrogens is 249 g/mol. The van der Waals surface area contributed by atoms with Crippen molar-refractivity contribution < 1.29 is 9.45 Å². The number of carbonyl (C=O) groups is 1. The van der Waals surface area contributed by atoms with E-state index < -0.39 is 0 Å². The summed E-state index contributed by atoms with van der Waals surface area (Å²) in [6, 6.07) is 0.812. The summed E-state index contributed by atoms with van der Waals surface area (Å²) in [4.78, 5) is 14.5. The minimum atomic E-state index is -0.197. The average Bonchev–Trinajstić information content (AvgIpc) is 3.02. The molecule has 4 heteroatoms. The van der Waals surface area contributed by atoms with Crippen molar-refractivity contribution in [3.8, 4) is 0 Å². The molecule has 3 nitrogen and oxygen atoms in total. The van der Waals surface area contributed by atoms with Crippen molar-refractivity contribution in [2.75, 3.05) is 13.1 Å². The first-order valence-corrected chi connectivity index (χ1v) is 8.40. The van der Waals surface area contributed by atoms with E-state index in [9.17, 15) is 4.79 Å². The van der Waals surface area contributed by atoms with Crippen molar-refractivity contribution >= 4 is 14.0 Å². The molecular formula is C16H28BNO2. The Morgan fingerprint density at radius 2 is 1.90 bits per heavy atom. The van der Waals surface area contributed by atoms with Crippen LogP contribution in [0, 0.1) is 11.8 Å². The van der Waals surface area contributed by atoms with E-state index in [0.717, 1.165) is 51.2 Å². The van der Waals surface area contributed by atoms with Gasteiger partial charge in [0.1, 0.15) is 0 Å². The molecule has 0 amide bonds. The molecule has 1 saturated heterocycles. The fourth-order valence-electron chi connectivity index (χ4n) is 4.01. The Hall–Kier alpha value is -0.505. The second-order valence-corrected chi connectivity index (χ2v) is 6.50. The molecule has 0 N–H and O–H groups in total. The highest BCUT2D eigenvalue weighted by Crippen LogP contribution is 2.33. The second kappa shape index (κ2) is 8.06. The highest BCUT2D eigenvalue weighted by molar-refractivity contribution is 6.05. The lowest BCUT2D eigenvalue weighted by Gasteiger charge is -2.38. The summed E-state index contributed by atoms with van der Waals surface area (Å²) in [5.74, 6) is 0.290. The Morgan fingerprint density at radius 3 is 2.45 bits per heavy atom. The fourth-order valence-corrected chi connectivity index (χ4v) is 4.01. The van der Waals surface area contributed by atoms with Crippen LogP contribution in [-0.2, 0) is 9.45 Å². The first kappa shape index (κ1) is 15.9. The lowest BCUT2D eigenvalue weighted by molar-refractivity contribution is -0.141. The van der Waals surface area contributed by atoms with Crippen molar-refractivity contribution in [3.63, 3.8) is 0 Å². The van der Waals surface area contributed by atoms with Gasteiger partial charge in [0.25, 0.3) is 5.97 Å². The maximum Gasteiger partial charge on any atom is 0.378 e. The summed E-state index contributed by atoms with van der Waals surface area (Å²) in [6.45, 7) is 4.46. The molecule has 0 aromatic carbocycles. The first-order chi connectivity index (χ1) is 9.76. The first-order valence-electron chi connectivity index (χ1n) is 8.40. The van der Waals surface area contributed by atoms with Gasteiger partial charge in [-0.15, -0.1) is 0 Å². The maximum atomic E-state index is 11.9. The van der Waals surface area contributed by atoms with Gasteiger partial charge in [0, 0.05) is 6.04 Å². The van der Waals surface area contributed by atoms with Gasteiger partial charge in [-0.1, -0.05) is 32.6 Å². The van der Waals surface area contributed by atoms with E-state index >= 15 is 0 Å². The van der Waals surface area contributed by atoms with Crippen molar-refractivity contribution in [2.24, 2.45) is 11.8 Å². The lowest BCUT2D eigenvalue weighted by atomic mass is 9.81. The van der Waals surface area contributed by atoms with Crippen LogP contribution in [0.4, 0.5) is 0 Å². The SMILES string of the molecule is [B]OC(=O)C(CCCC)C1CCN(C2CCCC2)CC1. The summed E-state index contributed by atoms with van der Waals surface area (Å²) in [5, 5.41) is 0. The van der Waals surface area contributed by atoms with Gasteiger partial charge in [0.05, 0.1) is 5.92 Å². The molecule has 1 heterocycles. The van der Waals surface area contributed by atoms with Gasteiger partial charge < -0.3 is 9.55 Å². The van der Waals surface area contributed by atoms with Crippen LogP contribution in [0.1, 0.15) is 64.7 Å². The number of rotatable bonds is 6. The molecule has 1 saturated carbocycles. The van der Waals surface area contributed by atoms with Gasteiger partial charge in [0.2, 0.25) is 0 Å². The van der Waals surface area contributed by atoms with E-state index in [1.165, 1.54) is 25.7 Å². The quantitative estimate of drug-likeness (QED) is 0.699. The zero-order valence-electron chi connectivity index (χ0n) is 12.9. The molecule has 0 bridgehead atoms. The minimum absolute atomic E-state index is 0.0191. The van der Waals surface area contributed by atoms with Crippen LogP contribution in [-0.4, -0.2) is 38.0 Å². The number of hydrogen-bond acceptors (Lipinski definition) is 3. The minimum Gasteiger partial charge on any atom is -0.543 e. The second-order valence-electron chi connectivity index (χ2n) is 6.50. The van der Waals surface area contributed by atoms with E-state index in [1.807, 2.05) is 0 Å². The third kappa shape index (κ3) is 4.00. The Kier molecular flexibility index (Phi) is 6.40. The van der Waals surface area contributed by atoms with Crippen LogP contribution in [0.3, 0.4) is 0 Å². The average molecular weight is 277 g/mol. The van der Waals surface area contributed by atoms with E-state index in [1.54, 1.807) is 0 Å². The van der Waals surface area contributed by atoms with Gasteiger partial charge >= 0.3 is 8.05 Å². The summed E-state index contributed by atoms with van der Waals surface area (Å²) in [5.41, 5.74) is 0. The molecule has 1 atom stereocenters. The van der Waals surface area contributed by atoms with E-state index in [-0.39, 0.29) is 11.9 Å². The Labute approximate surface area is 124 Å². The molecule has 112 valence electrons. The van der Waals surface area contributed by atoms with Crippen molar-refractivity contribution in [1.82, 2.24) is 4.90 Å². The molecule has 1 unspecified atom stereocenters. The number of likely N-dealkylation sites (tertiary alicyclic amines) is 1. The van der Waals surface area contributed by atoms with Crippen LogP contribution < -0.4 is 0 Å². The molecule has 0 aromatic rings. The topological polar surface area (TPSA) is 29.5 Å². The Morgan fingerprint density at radius 1 is 1.25 bits per heavy atom. The van der Waals surface area contributed by atoms with Crippen LogP contribution in [0.2, 0.25) is 0 Å². The highest BCUT2D eigenvalue weighted by Gasteiger charge is 2.33. The van der Waals surface area contributed by atoms with Gasteiger partial charge in [-0.05, 0) is 51.1 Å². The number of unbranched alkanes of at least 4 members (excludes halogenated alkanes) is 1. The molecule has 1 aliphatic heterocycles. The number of hydrogen-bond donors (Lipinski definition) is 0. The van der Waals surface area contributed by atoms with E-state index in [4.69, 9.17) is 8.05 Å². The lowest BCUT2D eigenvalue weighted by Crippen LogP contribution is -2.42. The van der Waals surface area contributed by atoms with Crippen molar-refractivity contribution in [3.05, 3.63) is 0 Å². The van der Waals surface area contributed by atoms with Crippen LogP contribution in [0.5, 0.6) is 0 Å². The standard InChI is InChI=1S/C16H28BNO2/c1-2-3-8-15(16(19)20-17)13-9-11-18(12-10-13)14-6-4-5-7-14/h13-15H,2-12H2,1H3. The van der Waals surface area contributed by atoms with Crippen molar-refractivity contribution in [1.29, 1.82) is 0 Å². The third-order valence-corrected chi connectivity index (χ3v) is 5.27. The van der Waals surface area contributed by atoms with Crippen LogP contribution >= 0.6 is 0 Å². The Balaban J connectivity index is 1.84. The number of nitrogens with zero attached hydrogens (tertiary/aromatic N) is 1. The van der Waals surface area contributed by atoms with Crippen molar-refractivity contribution in [2.45, 2.75) is 70.8 Å². The van der Waals surface area contributed by atoms with Crippen LogP contribution in [0.25, 0.3) is 0 Å². The van der Waals surface area contributed by atoms with Crippen LogP contribution in [0.15, 0.2) is 0 Å². The molecule has 1 aliphatic carbocycles. The largest absolute Gasteiger partial charge is 0.543 e. The van der Waals surface area contributed by atoms with Gasteiger partial charge in [-0.2, -0.15) is 0 Å². The molecule has 20 heavy (non-hydrogen) atoms. The molecule has 2 radical (unpaired) electrons. The summed E-state index contributed by atoms with van der Waals surface area (Å²) >= 11 is 0. The summed E-state index contributed by atoms with van der Waals surface area (Å²) in [7, 11) is 5.12. The van der Waals surface area contributed by atoms with Gasteiger partial charge in [-0.25, -0.2) is 0 Å². The number of piperidine rings is 1. The summed E-state index contributed by atoms with van der Waals surface area (Å²) < 4.78 is 4.54. The van der Waals surface area contributed by atoms with Gasteiger partial charge in [-0.3, -0.25) is 4.79 Å². The van der Waals surface area contributed by atoms with E-state index in [0.29, 0.717) is 5.92 Å². The maximum absolute atomic E-state index is 11.9. The predicted molar refractivity (Wildman–Crippen MR) is 81.4 cm³/mol. The highest BCUT2D eigenvalue weighted by atomic mass is 16.5. The molecule has 0 spiro atoms. The number of carbonyl (C=O) groups excluding carboxylic acids is 1. The van der Waals surface area contributed by atoms with Gasteiger partial charge in [0.15, 0.2) is 0 Å². The zero-order valence-corrected chi connectivity index (χ0v) is 12.9. The predicted octanol–water partition coefficient (Wildman–Crippen LogP) is 3.07. The third-order valence-electron chi connectivity index (χ3n) is 5.27. The fraction of sp³-hybridized carbons (Fsp3) is 0.938. The molecule has 2 fully saturated rings. The normalized spacial score (nSPS) is 23.9. The zero-order chi connectivity index (χ0) is 14.4. The smallest absolute Gasteiger partial charge is 0.378 e. The van der Waals surface area contributed by atoms with E-state index in [2.05, 4.69) is 16.5 Å². The molecule has 2 rings (SSSR count). The summed E-state index contributed by atoms with van der Waals surface area (Å²) in [6.07, 6.45) is 10.9. The monoisotopic (exact) mass is 277 g/mol. The molecule has 2 aliphatic rings.